The van der Waals surface area contributed by atoms with Crippen LogP contribution in [0, 0.1) is 0 Å². The minimum atomic E-state index is 0.610. The molecule has 2 fully saturated rings. The van der Waals surface area contributed by atoms with Crippen LogP contribution in [0.15, 0.2) is 16.9 Å². The molecule has 1 aromatic rings. The summed E-state index contributed by atoms with van der Waals surface area (Å²) in [7, 11) is 0. The van der Waals surface area contributed by atoms with Crippen LogP contribution in [0.2, 0.25) is 0 Å². The van der Waals surface area contributed by atoms with E-state index in [-0.39, 0.29) is 0 Å². The fraction of sp³-hybridized carbons (Fsp3) is 0.769. The maximum Gasteiger partial charge on any atom is 0.0632 e. The van der Waals surface area contributed by atoms with Crippen molar-refractivity contribution in [2.24, 2.45) is 0 Å². The van der Waals surface area contributed by atoms with E-state index in [0.29, 0.717) is 6.04 Å². The van der Waals surface area contributed by atoms with Crippen molar-refractivity contribution in [2.75, 3.05) is 13.1 Å². The van der Waals surface area contributed by atoms with Gasteiger partial charge in [-0.15, -0.1) is 0 Å². The molecule has 2 aliphatic rings. The van der Waals surface area contributed by atoms with Gasteiger partial charge in [0.05, 0.1) is 16.7 Å². The van der Waals surface area contributed by atoms with E-state index in [2.05, 4.69) is 36.8 Å². The first kappa shape index (κ1) is 11.7. The maximum atomic E-state index is 4.41. The second-order valence-corrected chi connectivity index (χ2v) is 6.26. The molecular weight excluding hydrogens is 278 g/mol. The molecule has 0 N–H and O–H groups in total. The second kappa shape index (κ2) is 5.11. The summed E-state index contributed by atoms with van der Waals surface area (Å²) in [5.74, 6) is 0. The van der Waals surface area contributed by atoms with Gasteiger partial charge in [-0.05, 0) is 41.6 Å². The zero-order chi connectivity index (χ0) is 11.7. The fourth-order valence-electron chi connectivity index (χ4n) is 3.30. The first-order valence-corrected chi connectivity index (χ1v) is 7.56. The Morgan fingerprint density at radius 3 is 2.35 bits per heavy atom. The molecule has 1 aliphatic carbocycles. The summed E-state index contributed by atoms with van der Waals surface area (Å²) in [5.41, 5.74) is 0. The maximum absolute atomic E-state index is 4.41. The van der Waals surface area contributed by atoms with Gasteiger partial charge in [0.1, 0.15) is 0 Å². The molecule has 0 radical (unpaired) electrons. The van der Waals surface area contributed by atoms with Crippen molar-refractivity contribution in [3.05, 3.63) is 16.9 Å². The number of aromatic nitrogens is 2. The lowest BCUT2D eigenvalue weighted by atomic mass is 10.0. The second-order valence-electron chi connectivity index (χ2n) is 5.34. The van der Waals surface area contributed by atoms with Gasteiger partial charge in [-0.3, -0.25) is 4.68 Å². The minimum absolute atomic E-state index is 0.610. The van der Waals surface area contributed by atoms with Crippen LogP contribution in [0.3, 0.4) is 0 Å². The molecule has 0 amide bonds. The predicted octanol–water partition coefficient (Wildman–Crippen LogP) is 3.23. The zero-order valence-corrected chi connectivity index (χ0v) is 11.8. The number of piperidine rings is 1. The lowest BCUT2D eigenvalue weighted by Gasteiger charge is -2.36. The Bertz CT molecular complexity index is 362. The normalized spacial score (nSPS) is 24.5. The number of nitrogens with zero attached hydrogens (tertiary/aromatic N) is 3. The van der Waals surface area contributed by atoms with Crippen molar-refractivity contribution in [3.63, 3.8) is 0 Å². The van der Waals surface area contributed by atoms with E-state index in [1.54, 1.807) is 0 Å². The van der Waals surface area contributed by atoms with Gasteiger partial charge < -0.3 is 4.90 Å². The molecule has 0 spiro atoms. The van der Waals surface area contributed by atoms with Crippen LogP contribution < -0.4 is 0 Å². The first-order valence-electron chi connectivity index (χ1n) is 6.76. The highest BCUT2D eigenvalue weighted by Gasteiger charge is 2.27. The molecule has 2 heterocycles. The summed E-state index contributed by atoms with van der Waals surface area (Å²) in [6.45, 7) is 2.51. The summed E-state index contributed by atoms with van der Waals surface area (Å²) in [5, 5.41) is 4.41. The van der Waals surface area contributed by atoms with Crippen LogP contribution in [0.1, 0.15) is 44.6 Å². The Balaban J connectivity index is 1.56. The molecule has 4 heteroatoms. The van der Waals surface area contributed by atoms with Gasteiger partial charge in [0, 0.05) is 25.3 Å². The fourth-order valence-corrected chi connectivity index (χ4v) is 3.60. The number of hydrogen-bond acceptors (Lipinski definition) is 2. The van der Waals surface area contributed by atoms with Gasteiger partial charge in [-0.2, -0.15) is 5.10 Å². The first-order chi connectivity index (χ1) is 8.33. The Labute approximate surface area is 111 Å². The molecule has 1 saturated heterocycles. The van der Waals surface area contributed by atoms with Crippen molar-refractivity contribution < 1.29 is 0 Å². The van der Waals surface area contributed by atoms with Crippen LogP contribution in [0.4, 0.5) is 0 Å². The quantitative estimate of drug-likeness (QED) is 0.836. The van der Waals surface area contributed by atoms with Crippen molar-refractivity contribution in [1.29, 1.82) is 0 Å². The summed E-state index contributed by atoms with van der Waals surface area (Å²) in [4.78, 5) is 2.71. The Kier molecular flexibility index (Phi) is 3.52. The molecule has 3 nitrogen and oxygen atoms in total. The highest BCUT2D eigenvalue weighted by molar-refractivity contribution is 9.10. The van der Waals surface area contributed by atoms with E-state index in [0.717, 1.165) is 10.5 Å². The topological polar surface area (TPSA) is 21.1 Å². The van der Waals surface area contributed by atoms with E-state index in [9.17, 15) is 0 Å². The van der Waals surface area contributed by atoms with Crippen LogP contribution >= 0.6 is 15.9 Å². The van der Waals surface area contributed by atoms with Crippen LogP contribution in [0.25, 0.3) is 0 Å². The van der Waals surface area contributed by atoms with Crippen LogP contribution in [-0.4, -0.2) is 33.8 Å². The molecule has 1 aliphatic heterocycles. The summed E-state index contributed by atoms with van der Waals surface area (Å²) in [6, 6.07) is 1.50. The Morgan fingerprint density at radius 1 is 1.06 bits per heavy atom. The zero-order valence-electron chi connectivity index (χ0n) is 10.2. The van der Waals surface area contributed by atoms with Crippen molar-refractivity contribution in [3.8, 4) is 0 Å². The number of likely N-dealkylation sites (tertiary alicyclic amines) is 1. The molecule has 1 aromatic heterocycles. The van der Waals surface area contributed by atoms with Gasteiger partial charge in [-0.25, -0.2) is 0 Å². The van der Waals surface area contributed by atoms with Crippen molar-refractivity contribution in [2.45, 2.75) is 50.6 Å². The molecule has 17 heavy (non-hydrogen) atoms. The van der Waals surface area contributed by atoms with Crippen molar-refractivity contribution >= 4 is 15.9 Å². The molecule has 0 bridgehead atoms. The smallest absolute Gasteiger partial charge is 0.0632 e. The van der Waals surface area contributed by atoms with Crippen LogP contribution in [0.5, 0.6) is 0 Å². The molecule has 3 rings (SSSR count). The average molecular weight is 298 g/mol. The number of hydrogen-bond donors (Lipinski definition) is 0. The SMILES string of the molecule is Brc1cnn(C2CCN(C3CCCC3)CC2)c1. The number of rotatable bonds is 2. The van der Waals surface area contributed by atoms with Gasteiger partial charge in [0.2, 0.25) is 0 Å². The monoisotopic (exact) mass is 297 g/mol. The van der Waals surface area contributed by atoms with Gasteiger partial charge >= 0.3 is 0 Å². The van der Waals surface area contributed by atoms with Gasteiger partial charge in [-0.1, -0.05) is 12.8 Å². The van der Waals surface area contributed by atoms with Gasteiger partial charge in [0.25, 0.3) is 0 Å². The minimum Gasteiger partial charge on any atom is -0.300 e. The molecule has 94 valence electrons. The van der Waals surface area contributed by atoms with Crippen LogP contribution in [-0.2, 0) is 0 Å². The molecule has 1 saturated carbocycles. The number of halogens is 1. The van der Waals surface area contributed by atoms with Gasteiger partial charge in [0.15, 0.2) is 0 Å². The lowest BCUT2D eigenvalue weighted by molar-refractivity contribution is 0.132. The highest BCUT2D eigenvalue weighted by atomic mass is 79.9. The summed E-state index contributed by atoms with van der Waals surface area (Å²) in [6.07, 6.45) is 12.2. The van der Waals surface area contributed by atoms with E-state index >= 15 is 0 Å². The third-order valence-electron chi connectivity index (χ3n) is 4.28. The third-order valence-corrected chi connectivity index (χ3v) is 4.69. The van der Waals surface area contributed by atoms with E-state index in [1.807, 2.05) is 6.20 Å². The Morgan fingerprint density at radius 2 is 1.76 bits per heavy atom. The summed E-state index contributed by atoms with van der Waals surface area (Å²) >= 11 is 3.47. The molecule has 0 unspecified atom stereocenters. The van der Waals surface area contributed by atoms with E-state index in [1.165, 1.54) is 51.6 Å². The third kappa shape index (κ3) is 2.58. The molecular formula is C13H20BrN3. The largest absolute Gasteiger partial charge is 0.300 e. The van der Waals surface area contributed by atoms with E-state index < -0.39 is 0 Å². The molecule has 0 aromatic carbocycles. The summed E-state index contributed by atoms with van der Waals surface area (Å²) < 4.78 is 3.23. The highest BCUT2D eigenvalue weighted by Crippen LogP contribution is 2.29. The van der Waals surface area contributed by atoms with Crippen molar-refractivity contribution in [1.82, 2.24) is 14.7 Å². The van der Waals surface area contributed by atoms with E-state index in [4.69, 9.17) is 0 Å². The Hall–Kier alpha value is -0.350. The lowest BCUT2D eigenvalue weighted by Crippen LogP contribution is -2.40. The average Bonchev–Trinajstić information content (AvgIpc) is 3.00. The molecule has 0 atom stereocenters. The predicted molar refractivity (Wildman–Crippen MR) is 72.0 cm³/mol. The standard InChI is InChI=1S/C13H20BrN3/c14-11-9-15-17(10-11)13-5-7-16(8-6-13)12-3-1-2-4-12/h9-10,12-13H,1-8H2.